The Morgan fingerprint density at radius 2 is 1.63 bits per heavy atom. The number of carbonyl (C=O) groups excluding carboxylic acids is 1. The summed E-state index contributed by atoms with van der Waals surface area (Å²) in [5.41, 5.74) is 1.23. The summed E-state index contributed by atoms with van der Waals surface area (Å²) < 4.78 is 1.43. The van der Waals surface area contributed by atoms with E-state index in [2.05, 4.69) is 26.9 Å². The number of piperazine rings is 1. The molecular weight excluding hydrogens is 629 g/mol. The zero-order valence-electron chi connectivity index (χ0n) is 26.0. The number of carboxylic acid groups (broad SMARTS) is 1. The minimum absolute atomic E-state index is 0.0702. The number of halogens is 2. The van der Waals surface area contributed by atoms with Crippen molar-refractivity contribution >= 4 is 35.2 Å². The third-order valence-corrected chi connectivity index (χ3v) is 10.7. The van der Waals surface area contributed by atoms with Gasteiger partial charge in [0.25, 0.3) is 0 Å². The summed E-state index contributed by atoms with van der Waals surface area (Å²) in [6.45, 7) is 5.58. The van der Waals surface area contributed by atoms with Crippen molar-refractivity contribution in [3.8, 4) is 11.4 Å². The average Bonchev–Trinajstić information content (AvgIpc) is 3.47. The zero-order valence-corrected chi connectivity index (χ0v) is 27.5. The second kappa shape index (κ2) is 14.2. The minimum Gasteiger partial charge on any atom is -0.465 e. The van der Waals surface area contributed by atoms with E-state index in [0.717, 1.165) is 50.1 Å². The van der Waals surface area contributed by atoms with Crippen LogP contribution in [0.3, 0.4) is 0 Å². The molecule has 1 aromatic heterocycles. The van der Waals surface area contributed by atoms with Gasteiger partial charge in [-0.25, -0.2) is 14.3 Å². The molecule has 11 nitrogen and oxygen atoms in total. The van der Waals surface area contributed by atoms with Gasteiger partial charge in [0, 0.05) is 63.5 Å². The molecule has 3 aromatic rings. The molecule has 6 rings (SSSR count). The number of hydrogen-bond donors (Lipinski definition) is 2. The van der Waals surface area contributed by atoms with E-state index in [1.807, 2.05) is 41.3 Å². The minimum atomic E-state index is -1.08. The van der Waals surface area contributed by atoms with E-state index in [1.54, 1.807) is 12.1 Å². The number of piperidine rings is 2. The van der Waals surface area contributed by atoms with E-state index in [9.17, 15) is 19.5 Å². The third kappa shape index (κ3) is 7.12. The predicted octanol–water partition coefficient (Wildman–Crippen LogP) is 4.33. The number of likely N-dealkylation sites (tertiary alicyclic amines) is 2. The summed E-state index contributed by atoms with van der Waals surface area (Å²) in [5, 5.41) is 15.7. The van der Waals surface area contributed by atoms with Gasteiger partial charge in [-0.15, -0.1) is 5.10 Å². The molecule has 3 fully saturated rings. The number of likely N-dealkylation sites (N-methyl/N-ethyl adjacent to an activating group) is 1. The third-order valence-electron chi connectivity index (χ3n) is 9.95. The highest BCUT2D eigenvalue weighted by atomic mass is 35.5. The van der Waals surface area contributed by atoms with Crippen LogP contribution in [0.5, 0.6) is 0 Å². The number of benzene rings is 2. The van der Waals surface area contributed by atoms with Crippen LogP contribution in [0.2, 0.25) is 10.0 Å². The summed E-state index contributed by atoms with van der Waals surface area (Å²) in [4.78, 5) is 51.3. The number of H-pyrrole nitrogens is 1. The van der Waals surface area contributed by atoms with Crippen molar-refractivity contribution in [2.24, 2.45) is 5.92 Å². The lowest BCUT2D eigenvalue weighted by molar-refractivity contribution is -0.140. The van der Waals surface area contributed by atoms with Gasteiger partial charge in [-0.05, 0) is 56.8 Å². The van der Waals surface area contributed by atoms with Crippen LogP contribution in [-0.4, -0.2) is 116 Å². The molecule has 4 heterocycles. The van der Waals surface area contributed by atoms with Crippen LogP contribution in [-0.2, 0) is 11.2 Å². The van der Waals surface area contributed by atoms with Gasteiger partial charge in [-0.3, -0.25) is 14.7 Å². The molecule has 2 unspecified atom stereocenters. The van der Waals surface area contributed by atoms with E-state index >= 15 is 0 Å². The van der Waals surface area contributed by atoms with E-state index in [1.165, 1.54) is 9.58 Å². The van der Waals surface area contributed by atoms with Crippen molar-refractivity contribution < 1.29 is 14.7 Å². The molecule has 46 heavy (non-hydrogen) atoms. The van der Waals surface area contributed by atoms with Crippen molar-refractivity contribution in [2.75, 3.05) is 52.9 Å². The van der Waals surface area contributed by atoms with Crippen molar-refractivity contribution in [2.45, 2.75) is 50.2 Å². The van der Waals surface area contributed by atoms with Gasteiger partial charge in [0.2, 0.25) is 5.91 Å². The van der Waals surface area contributed by atoms with Gasteiger partial charge in [-0.2, -0.15) is 0 Å². The SMILES string of the molecule is CN1CCN(C2CCN(C(=O)C(Cc3ccc(Cl)c(Cl)c3)[C@H]3CC(n4nc(-c5ccccc5)[nH]c4=O)CCN3C(=O)O)CC2)CC1. The molecule has 3 aliphatic rings. The fourth-order valence-corrected chi connectivity index (χ4v) is 7.63. The molecule has 13 heteroatoms. The average molecular weight is 671 g/mol. The first-order valence-corrected chi connectivity index (χ1v) is 16.8. The maximum atomic E-state index is 14.5. The number of amides is 2. The molecule has 0 saturated carbocycles. The van der Waals surface area contributed by atoms with Gasteiger partial charge in [0.1, 0.15) is 0 Å². The number of aromatic nitrogens is 3. The van der Waals surface area contributed by atoms with Gasteiger partial charge < -0.3 is 19.8 Å². The molecule has 0 spiro atoms. The number of carbonyl (C=O) groups is 2. The predicted molar refractivity (Wildman–Crippen MR) is 177 cm³/mol. The van der Waals surface area contributed by atoms with E-state index in [-0.39, 0.29) is 30.6 Å². The number of rotatable bonds is 7. The quantitative estimate of drug-likeness (QED) is 0.385. The molecule has 0 radical (unpaired) electrons. The Bertz CT molecular complexity index is 1580. The molecule has 3 atom stereocenters. The Morgan fingerprint density at radius 3 is 2.30 bits per heavy atom. The topological polar surface area (TPSA) is 118 Å². The van der Waals surface area contributed by atoms with Crippen LogP contribution in [0.4, 0.5) is 4.79 Å². The normalized spacial score (nSPS) is 22.6. The summed E-state index contributed by atoms with van der Waals surface area (Å²) >= 11 is 12.6. The van der Waals surface area contributed by atoms with Gasteiger partial charge in [-0.1, -0.05) is 59.6 Å². The lowest BCUT2D eigenvalue weighted by atomic mass is 9.82. The van der Waals surface area contributed by atoms with Crippen LogP contribution in [0, 0.1) is 5.92 Å². The van der Waals surface area contributed by atoms with Crippen molar-refractivity contribution in [3.63, 3.8) is 0 Å². The highest BCUT2D eigenvalue weighted by Crippen LogP contribution is 2.35. The number of nitrogens with zero attached hydrogens (tertiary/aromatic N) is 6. The van der Waals surface area contributed by atoms with E-state index in [0.29, 0.717) is 47.8 Å². The molecule has 3 saturated heterocycles. The standard InChI is InChI=1S/C33H41Cl2N7O4/c1-38-15-17-39(18-16-38)24-9-12-40(13-10-24)31(43)26(19-22-7-8-27(34)28(35)20-22)29-21-25(11-14-41(29)33(45)46)42-32(44)36-30(37-42)23-5-3-2-4-6-23/h2-8,20,24-26,29H,9-19,21H2,1H3,(H,45,46)(H,36,37,44)/t25?,26?,29-/m1/s1. The number of nitrogens with one attached hydrogen (secondary N) is 1. The number of hydrogen-bond acceptors (Lipinski definition) is 6. The molecular formula is C33H41Cl2N7O4. The first kappa shape index (κ1) is 32.6. The highest BCUT2D eigenvalue weighted by molar-refractivity contribution is 6.42. The molecule has 3 aliphatic heterocycles. The Labute approximate surface area is 278 Å². The van der Waals surface area contributed by atoms with E-state index < -0.39 is 18.1 Å². The monoisotopic (exact) mass is 669 g/mol. The Morgan fingerprint density at radius 1 is 0.935 bits per heavy atom. The molecule has 2 amide bonds. The maximum Gasteiger partial charge on any atom is 0.407 e. The van der Waals surface area contributed by atoms with Crippen LogP contribution in [0.15, 0.2) is 53.3 Å². The lowest BCUT2D eigenvalue weighted by Crippen LogP contribution is -2.57. The smallest absolute Gasteiger partial charge is 0.407 e. The largest absolute Gasteiger partial charge is 0.465 e. The zero-order chi connectivity index (χ0) is 32.4. The molecule has 0 aliphatic carbocycles. The van der Waals surface area contributed by atoms with Crippen molar-refractivity contribution in [3.05, 3.63) is 74.6 Å². The molecule has 0 bridgehead atoms. The Kier molecular flexibility index (Phi) is 10.0. The second-order valence-corrected chi connectivity index (χ2v) is 13.6. The fraction of sp³-hybridized carbons (Fsp3) is 0.515. The lowest BCUT2D eigenvalue weighted by Gasteiger charge is -2.45. The van der Waals surface area contributed by atoms with Gasteiger partial charge in [0.15, 0.2) is 5.82 Å². The Hall–Kier alpha value is -3.38. The summed E-state index contributed by atoms with van der Waals surface area (Å²) in [6.07, 6.45) is 1.67. The molecule has 2 N–H and O–H groups in total. The second-order valence-electron chi connectivity index (χ2n) is 12.8. The maximum absolute atomic E-state index is 14.5. The first-order valence-electron chi connectivity index (χ1n) is 16.1. The summed E-state index contributed by atoms with van der Waals surface area (Å²) in [5.74, 6) is -0.298. The van der Waals surface area contributed by atoms with Gasteiger partial charge in [0.05, 0.1) is 22.0 Å². The number of aromatic amines is 1. The van der Waals surface area contributed by atoms with Crippen LogP contribution < -0.4 is 5.69 Å². The van der Waals surface area contributed by atoms with Crippen LogP contribution in [0.25, 0.3) is 11.4 Å². The first-order chi connectivity index (χ1) is 22.2. The highest BCUT2D eigenvalue weighted by Gasteiger charge is 2.43. The summed E-state index contributed by atoms with van der Waals surface area (Å²) in [6, 6.07) is 14.1. The van der Waals surface area contributed by atoms with E-state index in [4.69, 9.17) is 23.2 Å². The van der Waals surface area contributed by atoms with Crippen LogP contribution in [0.1, 0.15) is 37.3 Å². The molecule has 2 aromatic carbocycles. The fourth-order valence-electron chi connectivity index (χ4n) is 7.31. The van der Waals surface area contributed by atoms with Crippen molar-refractivity contribution in [1.29, 1.82) is 0 Å². The van der Waals surface area contributed by atoms with Crippen molar-refractivity contribution in [1.82, 2.24) is 34.4 Å². The van der Waals surface area contributed by atoms with Gasteiger partial charge >= 0.3 is 11.8 Å². The summed E-state index contributed by atoms with van der Waals surface area (Å²) in [7, 11) is 2.15. The van der Waals surface area contributed by atoms with Crippen LogP contribution >= 0.6 is 23.2 Å². The molecule has 246 valence electrons. The Balaban J connectivity index is 1.26.